The highest BCUT2D eigenvalue weighted by molar-refractivity contribution is 7.81. The first-order chi connectivity index (χ1) is 41.4. The highest BCUT2D eigenvalue weighted by atomic mass is 32.3. The van der Waals surface area contributed by atoms with Gasteiger partial charge in [0.25, 0.3) is 0 Å². The molecule has 2 saturated heterocycles. The first kappa shape index (κ1) is 81.4. The molecule has 8 atom stereocenters. The highest BCUT2D eigenvalue weighted by Crippen LogP contribution is 2.30. The van der Waals surface area contributed by atoms with Gasteiger partial charge in [-0.25, -0.2) is 20.9 Å². The molecule has 8 unspecified atom stereocenters. The number of nitrogens with one attached hydrogen (secondary N) is 2. The minimum atomic E-state index is -5.17. The van der Waals surface area contributed by atoms with Crippen LogP contribution in [-0.4, -0.2) is 210 Å². The van der Waals surface area contributed by atoms with Gasteiger partial charge in [0.2, 0.25) is 11.8 Å². The summed E-state index contributed by atoms with van der Waals surface area (Å²) in [4.78, 5) is 48.9. The Bertz CT molecular complexity index is 2560. The number of carbonyl (C=O) groups excluding carboxylic acids is 4. The standard InChI is InChI=1S/C50H92N2O31S5/c1-39-34-43(81-86(63,64)65)48(83-88(69,70)71)50(78-39)76-29-21-13-11-19-26-51-46(55)25-17-9-4-10-18-27-52-47(56)38-74-33-31-72-30-32-73-36-41(54)24-16-7-3-2-6-14-22-40(53)23-15-8-5-12-20-28-75-49-44(82-87(66,67)68)35-42(80-85(60,61)62)45(79-49)37-77-84(57,58)59/h39,42-45,48-50H,2-38H2,1H3,(H,51,55)(H,52,56)(H,57,58,59)(H,60,61,62)(H,63,64,65)(H,66,67,68)(H,69,70,71). The summed E-state index contributed by atoms with van der Waals surface area (Å²) in [6.07, 6.45) is 4.20. The summed E-state index contributed by atoms with van der Waals surface area (Å²) in [6.45, 7) is 2.45. The lowest BCUT2D eigenvalue weighted by Gasteiger charge is -2.38. The lowest BCUT2D eigenvalue weighted by molar-refractivity contribution is -0.260. The third-order valence-corrected chi connectivity index (χ3v) is 15.6. The minimum Gasteiger partial charge on any atom is -0.377 e. The molecule has 0 spiro atoms. The molecule has 0 bridgehead atoms. The number of unbranched alkanes of at least 4 members (excludes halogenated alkanes) is 16. The number of Topliss-reactive ketones (excluding diaryl/α,β-unsaturated/α-hetero) is 2. The molecular formula is C50H92N2O31S5. The number of hydrogen-bond acceptors (Lipinski definition) is 26. The summed E-state index contributed by atoms with van der Waals surface area (Å²) in [5.41, 5.74) is 0. The van der Waals surface area contributed by atoms with Crippen molar-refractivity contribution in [1.29, 1.82) is 0 Å². The second-order valence-electron chi connectivity index (χ2n) is 21.0. The van der Waals surface area contributed by atoms with Crippen LogP contribution >= 0.6 is 0 Å². The summed E-state index contributed by atoms with van der Waals surface area (Å²) in [7, 11) is -25.4. The molecule has 0 aliphatic carbocycles. The van der Waals surface area contributed by atoms with Crippen LogP contribution in [0.2, 0.25) is 0 Å². The Hall–Kier alpha value is -2.65. The monoisotopic (exact) mass is 1380 g/mol. The van der Waals surface area contributed by atoms with Crippen molar-refractivity contribution in [2.24, 2.45) is 0 Å². The normalized spacial score (nSPS) is 21.3. The predicted octanol–water partition coefficient (Wildman–Crippen LogP) is 3.62. The zero-order valence-corrected chi connectivity index (χ0v) is 53.8. The van der Waals surface area contributed by atoms with Gasteiger partial charge in [-0.2, -0.15) is 42.1 Å². The number of rotatable bonds is 55. The highest BCUT2D eigenvalue weighted by Gasteiger charge is 2.46. The number of ketones is 2. The average Bonchev–Trinajstić information content (AvgIpc) is 0.980. The summed E-state index contributed by atoms with van der Waals surface area (Å²) in [5.74, 6) is -0.110. The van der Waals surface area contributed by atoms with Gasteiger partial charge in [-0.3, -0.25) is 41.9 Å². The van der Waals surface area contributed by atoms with Gasteiger partial charge in [-0.15, -0.1) is 0 Å². The van der Waals surface area contributed by atoms with Crippen LogP contribution in [0.4, 0.5) is 0 Å². The predicted molar refractivity (Wildman–Crippen MR) is 307 cm³/mol. The lowest BCUT2D eigenvalue weighted by atomic mass is 10.0. The fraction of sp³-hybridized carbons (Fsp3) is 0.920. The van der Waals surface area contributed by atoms with E-state index in [2.05, 4.69) is 31.5 Å². The van der Waals surface area contributed by atoms with E-state index < -0.39 is 114 Å². The zero-order valence-electron chi connectivity index (χ0n) is 49.7. The summed E-state index contributed by atoms with van der Waals surface area (Å²) >= 11 is 0. The van der Waals surface area contributed by atoms with E-state index in [1.807, 2.05) is 0 Å². The minimum absolute atomic E-state index is 0.00255. The van der Waals surface area contributed by atoms with Crippen LogP contribution in [0.15, 0.2) is 0 Å². The van der Waals surface area contributed by atoms with Crippen molar-refractivity contribution in [2.45, 2.75) is 223 Å². The van der Waals surface area contributed by atoms with Crippen molar-refractivity contribution in [2.75, 3.05) is 72.6 Å². The van der Waals surface area contributed by atoms with Crippen LogP contribution in [0.5, 0.6) is 0 Å². The number of hydrogen-bond donors (Lipinski definition) is 7. The van der Waals surface area contributed by atoms with E-state index >= 15 is 0 Å². The van der Waals surface area contributed by atoms with Crippen molar-refractivity contribution >= 4 is 75.4 Å². The third kappa shape index (κ3) is 45.6. The number of carbonyl (C=O) groups is 4. The van der Waals surface area contributed by atoms with Gasteiger partial charge >= 0.3 is 52.0 Å². The van der Waals surface area contributed by atoms with Gasteiger partial charge < -0.3 is 43.8 Å². The molecular weight excluding hydrogens is 1280 g/mol. The smallest absolute Gasteiger partial charge is 0.377 e. The maximum atomic E-state index is 12.4. The lowest BCUT2D eigenvalue weighted by Crippen LogP contribution is -2.53. The molecule has 2 aliphatic heterocycles. The second-order valence-corrected chi connectivity index (χ2v) is 26.3. The first-order valence-electron chi connectivity index (χ1n) is 29.5. The molecule has 0 aromatic carbocycles. The van der Waals surface area contributed by atoms with Gasteiger partial charge in [0, 0.05) is 64.8 Å². The zero-order chi connectivity index (χ0) is 65.5. The Kier molecular flexibility index (Phi) is 41.5. The maximum Gasteiger partial charge on any atom is 0.397 e. The van der Waals surface area contributed by atoms with Gasteiger partial charge in [0.15, 0.2) is 24.5 Å². The molecule has 2 amide bonds. The summed E-state index contributed by atoms with van der Waals surface area (Å²) in [6, 6.07) is 0. The number of amides is 2. The van der Waals surface area contributed by atoms with Gasteiger partial charge in [0.05, 0.1) is 39.1 Å². The van der Waals surface area contributed by atoms with Gasteiger partial charge in [0.1, 0.15) is 43.4 Å². The SMILES string of the molecule is CC1CC(OS(=O)(=O)O)C(OS(=O)(=O)O)C(OCCCCCCNC(=O)CCCCCCCNC(=O)COCCOCCOCC(=O)CCCCCCCCC(=O)CCCCCCCOC2OC(COS(=O)(=O)O)C(OS(=O)(=O)O)CC2OS(=O)(=O)O)O1. The summed E-state index contributed by atoms with van der Waals surface area (Å²) in [5, 5.41) is 5.70. The van der Waals surface area contributed by atoms with E-state index in [0.717, 1.165) is 89.9 Å². The van der Waals surface area contributed by atoms with Crippen molar-refractivity contribution in [1.82, 2.24) is 10.6 Å². The Morgan fingerprint density at radius 2 is 0.830 bits per heavy atom. The van der Waals surface area contributed by atoms with Crippen molar-refractivity contribution < 1.29 is 138 Å². The fourth-order valence-corrected chi connectivity index (χ4v) is 11.4. The Balaban J connectivity index is 1.34. The van der Waals surface area contributed by atoms with Crippen molar-refractivity contribution in [3.8, 4) is 0 Å². The van der Waals surface area contributed by atoms with Crippen LogP contribution in [0, 0.1) is 0 Å². The maximum absolute atomic E-state index is 12.4. The van der Waals surface area contributed by atoms with E-state index in [1.54, 1.807) is 6.92 Å². The molecule has 2 heterocycles. The van der Waals surface area contributed by atoms with E-state index in [9.17, 15) is 65.8 Å². The van der Waals surface area contributed by atoms with Crippen molar-refractivity contribution in [3.05, 3.63) is 0 Å². The van der Waals surface area contributed by atoms with Crippen LogP contribution in [0.25, 0.3) is 0 Å². The molecule has 0 radical (unpaired) electrons. The molecule has 38 heteroatoms. The molecule has 7 N–H and O–H groups in total. The molecule has 2 aliphatic rings. The molecule has 0 aromatic heterocycles. The van der Waals surface area contributed by atoms with E-state index in [1.165, 1.54) is 0 Å². The first-order valence-corrected chi connectivity index (χ1v) is 36.3. The van der Waals surface area contributed by atoms with E-state index in [4.69, 9.17) is 51.4 Å². The molecule has 33 nitrogen and oxygen atoms in total. The van der Waals surface area contributed by atoms with E-state index in [0.29, 0.717) is 77.3 Å². The quantitative estimate of drug-likeness (QED) is 0.0338. The van der Waals surface area contributed by atoms with E-state index in [-0.39, 0.29) is 82.7 Å². The largest absolute Gasteiger partial charge is 0.397 e. The Labute approximate surface area is 517 Å². The molecule has 0 saturated carbocycles. The molecule has 2 fully saturated rings. The average molecular weight is 1380 g/mol. The van der Waals surface area contributed by atoms with Gasteiger partial charge in [-0.05, 0) is 58.3 Å². The molecule has 0 aromatic rings. The molecule has 2 rings (SSSR count). The Morgan fingerprint density at radius 3 is 1.35 bits per heavy atom. The van der Waals surface area contributed by atoms with Crippen LogP contribution < -0.4 is 10.6 Å². The third-order valence-electron chi connectivity index (χ3n) is 13.3. The number of ether oxygens (including phenoxy) is 7. The second kappa shape index (κ2) is 44.8. The topological polar surface area (TPSA) is 475 Å². The molecule has 88 heavy (non-hydrogen) atoms. The summed E-state index contributed by atoms with van der Waals surface area (Å²) < 4.78 is 219. The fourth-order valence-electron chi connectivity index (χ4n) is 9.12. The van der Waals surface area contributed by atoms with Gasteiger partial charge in [-0.1, -0.05) is 77.0 Å². The van der Waals surface area contributed by atoms with Crippen molar-refractivity contribution in [3.63, 3.8) is 0 Å². The van der Waals surface area contributed by atoms with Crippen LogP contribution in [0.3, 0.4) is 0 Å². The Morgan fingerprint density at radius 1 is 0.409 bits per heavy atom. The molecule has 518 valence electrons. The van der Waals surface area contributed by atoms with Crippen LogP contribution in [-0.2, 0) is 125 Å². The van der Waals surface area contributed by atoms with Crippen LogP contribution in [0.1, 0.15) is 174 Å².